The van der Waals surface area contributed by atoms with Gasteiger partial charge in [-0.2, -0.15) is 0 Å². The highest BCUT2D eigenvalue weighted by atomic mass is 35.5. The standard InChI is InChI=1S/C26H27ClN4O3/c1-17(2)26(24(28)33,18-11-5-3-6-12-18)31-23(32)22(20-15-9-10-16-21(20)27)30-25(34)29-19-13-7-4-8-14-19/h3-17,22H,1-2H3,(H2,28,33)(H,31,32)(H2,29,30,34). The predicted octanol–water partition coefficient (Wildman–Crippen LogP) is 4.36. The van der Waals surface area contributed by atoms with E-state index >= 15 is 0 Å². The number of benzene rings is 3. The third kappa shape index (κ3) is 5.38. The number of carbonyl (C=O) groups is 3. The van der Waals surface area contributed by atoms with E-state index in [2.05, 4.69) is 16.0 Å². The van der Waals surface area contributed by atoms with E-state index < -0.39 is 29.4 Å². The van der Waals surface area contributed by atoms with E-state index in [-0.39, 0.29) is 10.9 Å². The highest BCUT2D eigenvalue weighted by molar-refractivity contribution is 6.31. The Labute approximate surface area is 203 Å². The Morgan fingerprint density at radius 3 is 1.97 bits per heavy atom. The summed E-state index contributed by atoms with van der Waals surface area (Å²) >= 11 is 6.38. The molecule has 2 atom stereocenters. The maximum absolute atomic E-state index is 13.7. The molecule has 0 bridgehead atoms. The van der Waals surface area contributed by atoms with Crippen LogP contribution in [0.2, 0.25) is 5.02 Å². The molecule has 0 spiro atoms. The molecule has 34 heavy (non-hydrogen) atoms. The van der Waals surface area contributed by atoms with E-state index in [0.717, 1.165) is 0 Å². The Bertz CT molecular complexity index is 1150. The van der Waals surface area contributed by atoms with Crippen molar-refractivity contribution in [1.29, 1.82) is 0 Å². The second kappa shape index (κ2) is 10.9. The van der Waals surface area contributed by atoms with Crippen LogP contribution in [-0.4, -0.2) is 17.8 Å². The van der Waals surface area contributed by atoms with Crippen molar-refractivity contribution in [2.24, 2.45) is 11.7 Å². The van der Waals surface area contributed by atoms with Crippen molar-refractivity contribution in [1.82, 2.24) is 10.6 Å². The number of amides is 4. The van der Waals surface area contributed by atoms with Crippen molar-refractivity contribution < 1.29 is 14.4 Å². The number of hydrogen-bond acceptors (Lipinski definition) is 3. The van der Waals surface area contributed by atoms with Gasteiger partial charge in [0.15, 0.2) is 0 Å². The second-order valence-electron chi connectivity index (χ2n) is 8.10. The van der Waals surface area contributed by atoms with E-state index in [1.54, 1.807) is 92.7 Å². The first-order valence-electron chi connectivity index (χ1n) is 10.8. The van der Waals surface area contributed by atoms with E-state index in [1.165, 1.54) is 0 Å². The molecule has 3 aromatic rings. The summed E-state index contributed by atoms with van der Waals surface area (Å²) in [6.07, 6.45) is 0. The molecule has 2 unspecified atom stereocenters. The summed E-state index contributed by atoms with van der Waals surface area (Å²) in [6, 6.07) is 22.5. The summed E-state index contributed by atoms with van der Waals surface area (Å²) in [6.45, 7) is 3.58. The first-order chi connectivity index (χ1) is 16.3. The van der Waals surface area contributed by atoms with Crippen LogP contribution in [0.25, 0.3) is 0 Å². The van der Waals surface area contributed by atoms with E-state index in [4.69, 9.17) is 17.3 Å². The minimum atomic E-state index is -1.50. The van der Waals surface area contributed by atoms with Gasteiger partial charge in [-0.15, -0.1) is 0 Å². The minimum Gasteiger partial charge on any atom is -0.367 e. The molecule has 0 aliphatic rings. The van der Waals surface area contributed by atoms with Crippen molar-refractivity contribution in [2.75, 3.05) is 5.32 Å². The van der Waals surface area contributed by atoms with Crippen LogP contribution < -0.4 is 21.7 Å². The Hall–Kier alpha value is -3.84. The van der Waals surface area contributed by atoms with Crippen LogP contribution in [0.4, 0.5) is 10.5 Å². The molecule has 0 heterocycles. The smallest absolute Gasteiger partial charge is 0.320 e. The molecule has 0 radical (unpaired) electrons. The fourth-order valence-corrected chi connectivity index (χ4v) is 4.06. The highest BCUT2D eigenvalue weighted by Gasteiger charge is 2.44. The zero-order valence-electron chi connectivity index (χ0n) is 18.9. The zero-order chi connectivity index (χ0) is 24.7. The molecule has 5 N–H and O–H groups in total. The van der Waals surface area contributed by atoms with Crippen LogP contribution in [0.3, 0.4) is 0 Å². The Kier molecular flexibility index (Phi) is 7.91. The summed E-state index contributed by atoms with van der Waals surface area (Å²) in [5.74, 6) is -1.73. The Morgan fingerprint density at radius 2 is 1.41 bits per heavy atom. The van der Waals surface area contributed by atoms with Gasteiger partial charge in [0.05, 0.1) is 0 Å². The molecule has 176 valence electrons. The summed E-state index contributed by atoms with van der Waals surface area (Å²) in [4.78, 5) is 39.2. The average Bonchev–Trinajstić information content (AvgIpc) is 2.82. The number of anilines is 1. The van der Waals surface area contributed by atoms with Gasteiger partial charge in [0, 0.05) is 16.3 Å². The summed E-state index contributed by atoms with van der Waals surface area (Å²) in [7, 11) is 0. The van der Waals surface area contributed by atoms with Gasteiger partial charge < -0.3 is 21.7 Å². The van der Waals surface area contributed by atoms with Gasteiger partial charge in [-0.05, 0) is 29.7 Å². The van der Waals surface area contributed by atoms with Crippen LogP contribution in [0, 0.1) is 5.92 Å². The minimum absolute atomic E-state index is 0.289. The number of para-hydroxylation sites is 1. The molecular weight excluding hydrogens is 452 g/mol. The molecular formula is C26H27ClN4O3. The molecule has 8 heteroatoms. The van der Waals surface area contributed by atoms with Crippen LogP contribution in [0.1, 0.15) is 31.0 Å². The Balaban J connectivity index is 1.98. The average molecular weight is 479 g/mol. The summed E-state index contributed by atoms with van der Waals surface area (Å²) < 4.78 is 0. The lowest BCUT2D eigenvalue weighted by Crippen LogP contribution is -2.60. The van der Waals surface area contributed by atoms with Gasteiger partial charge in [-0.25, -0.2) is 4.79 Å². The number of nitrogens with one attached hydrogen (secondary N) is 3. The van der Waals surface area contributed by atoms with Crippen LogP contribution >= 0.6 is 11.6 Å². The second-order valence-corrected chi connectivity index (χ2v) is 8.51. The van der Waals surface area contributed by atoms with Crippen molar-refractivity contribution in [2.45, 2.75) is 25.4 Å². The first-order valence-corrected chi connectivity index (χ1v) is 11.2. The summed E-state index contributed by atoms with van der Waals surface area (Å²) in [5, 5.41) is 8.48. The number of halogens is 1. The zero-order valence-corrected chi connectivity index (χ0v) is 19.7. The fraction of sp³-hybridized carbons (Fsp3) is 0.192. The normalized spacial score (nSPS) is 13.4. The third-order valence-corrected chi connectivity index (χ3v) is 5.93. The number of nitrogens with two attached hydrogens (primary N) is 1. The van der Waals surface area contributed by atoms with Crippen LogP contribution in [0.15, 0.2) is 84.9 Å². The largest absolute Gasteiger partial charge is 0.367 e. The van der Waals surface area contributed by atoms with Gasteiger partial charge in [0.1, 0.15) is 11.6 Å². The molecule has 4 amide bonds. The van der Waals surface area contributed by atoms with Gasteiger partial charge in [0.2, 0.25) is 11.8 Å². The monoisotopic (exact) mass is 478 g/mol. The third-order valence-electron chi connectivity index (χ3n) is 5.59. The molecule has 0 saturated carbocycles. The lowest BCUT2D eigenvalue weighted by molar-refractivity contribution is -0.135. The first kappa shape index (κ1) is 24.8. The SMILES string of the molecule is CC(C)C(NC(=O)C(NC(=O)Nc1ccccc1)c1ccccc1Cl)(C(N)=O)c1ccccc1. The Morgan fingerprint density at radius 1 is 0.853 bits per heavy atom. The van der Waals surface area contributed by atoms with Crippen molar-refractivity contribution in [3.8, 4) is 0 Å². The van der Waals surface area contributed by atoms with Crippen molar-refractivity contribution in [3.05, 3.63) is 101 Å². The number of primary amides is 1. The van der Waals surface area contributed by atoms with E-state index in [9.17, 15) is 14.4 Å². The fourth-order valence-electron chi connectivity index (χ4n) is 3.82. The molecule has 0 saturated heterocycles. The molecule has 7 nitrogen and oxygen atoms in total. The number of carbonyl (C=O) groups excluding carboxylic acids is 3. The van der Waals surface area contributed by atoms with Crippen molar-refractivity contribution >= 4 is 35.1 Å². The van der Waals surface area contributed by atoms with Gasteiger partial charge >= 0.3 is 6.03 Å². The maximum atomic E-state index is 13.7. The summed E-state index contributed by atoms with van der Waals surface area (Å²) in [5.41, 5.74) is 5.81. The molecule has 3 rings (SSSR count). The molecule has 3 aromatic carbocycles. The topological polar surface area (TPSA) is 113 Å². The quantitative estimate of drug-likeness (QED) is 0.385. The predicted molar refractivity (Wildman–Crippen MR) is 133 cm³/mol. The lowest BCUT2D eigenvalue weighted by atomic mass is 9.78. The van der Waals surface area contributed by atoms with Gasteiger partial charge in [-0.1, -0.05) is 92.2 Å². The number of urea groups is 1. The van der Waals surface area contributed by atoms with E-state index in [0.29, 0.717) is 16.8 Å². The van der Waals surface area contributed by atoms with Crippen LogP contribution in [0.5, 0.6) is 0 Å². The number of rotatable bonds is 8. The van der Waals surface area contributed by atoms with Crippen molar-refractivity contribution in [3.63, 3.8) is 0 Å². The van der Waals surface area contributed by atoms with Crippen LogP contribution in [-0.2, 0) is 15.1 Å². The lowest BCUT2D eigenvalue weighted by Gasteiger charge is -2.37. The van der Waals surface area contributed by atoms with E-state index in [1.807, 2.05) is 6.07 Å². The van der Waals surface area contributed by atoms with Gasteiger partial charge in [-0.3, -0.25) is 9.59 Å². The van der Waals surface area contributed by atoms with Gasteiger partial charge in [0.25, 0.3) is 0 Å². The molecule has 0 aliphatic heterocycles. The molecule has 0 aromatic heterocycles. The maximum Gasteiger partial charge on any atom is 0.320 e. The molecule has 0 aliphatic carbocycles. The highest BCUT2D eigenvalue weighted by Crippen LogP contribution is 2.31. The number of hydrogen-bond donors (Lipinski definition) is 4. The molecule has 0 fully saturated rings.